The molecule has 0 saturated heterocycles. The van der Waals surface area contributed by atoms with Crippen molar-refractivity contribution < 1.29 is 32.6 Å². The summed E-state index contributed by atoms with van der Waals surface area (Å²) < 4.78 is 36.6. The maximum absolute atomic E-state index is 14.2. The van der Waals surface area contributed by atoms with Crippen LogP contribution in [0.25, 0.3) is 0 Å². The van der Waals surface area contributed by atoms with Crippen molar-refractivity contribution in [1.82, 2.24) is 0 Å². The summed E-state index contributed by atoms with van der Waals surface area (Å²) in [5.41, 5.74) is -1.47. The Labute approximate surface area is 130 Å². The number of halogens is 2. The predicted molar refractivity (Wildman–Crippen MR) is 76.4 cm³/mol. The van der Waals surface area contributed by atoms with Gasteiger partial charge in [-0.25, -0.2) is 18.4 Å². The van der Waals surface area contributed by atoms with Crippen LogP contribution in [0.3, 0.4) is 0 Å². The van der Waals surface area contributed by atoms with Crippen LogP contribution in [-0.4, -0.2) is 32.1 Å². The Morgan fingerprint density at radius 2 is 1.74 bits per heavy atom. The Balaban J connectivity index is 3.24. The summed E-state index contributed by atoms with van der Waals surface area (Å²) in [6, 6.07) is 1.87. The zero-order valence-corrected chi connectivity index (χ0v) is 12.5. The molecule has 1 aromatic rings. The number of rotatable bonds is 5. The molecule has 0 unspecified atom stereocenters. The van der Waals surface area contributed by atoms with Gasteiger partial charge < -0.3 is 20.1 Å². The third kappa shape index (κ3) is 4.77. The van der Waals surface area contributed by atoms with E-state index in [0.717, 1.165) is 39.4 Å². The average molecular weight is 328 g/mol. The molecule has 0 fully saturated rings. The number of hydrogen-bond donors (Lipinski definition) is 2. The van der Waals surface area contributed by atoms with Gasteiger partial charge in [-0.15, -0.1) is 0 Å². The number of anilines is 2. The summed E-state index contributed by atoms with van der Waals surface area (Å²) in [4.78, 5) is 33.8. The predicted octanol–water partition coefficient (Wildman–Crippen LogP) is 1.56. The Bertz CT molecular complexity index is 673. The van der Waals surface area contributed by atoms with E-state index in [2.05, 4.69) is 14.8 Å². The van der Waals surface area contributed by atoms with Gasteiger partial charge in [-0.2, -0.15) is 0 Å². The second-order valence-corrected chi connectivity index (χ2v) is 4.16. The zero-order valence-electron chi connectivity index (χ0n) is 12.5. The van der Waals surface area contributed by atoms with Crippen LogP contribution in [0.15, 0.2) is 23.9 Å². The van der Waals surface area contributed by atoms with Crippen molar-refractivity contribution in [3.05, 3.63) is 35.5 Å². The van der Waals surface area contributed by atoms with Gasteiger partial charge in [-0.3, -0.25) is 4.79 Å². The van der Waals surface area contributed by atoms with Gasteiger partial charge in [0.05, 0.1) is 26.0 Å². The van der Waals surface area contributed by atoms with E-state index >= 15 is 0 Å². The molecule has 0 aliphatic heterocycles. The molecule has 1 rings (SSSR count). The summed E-state index contributed by atoms with van der Waals surface area (Å²) in [5, 5.41) is 4.29. The van der Waals surface area contributed by atoms with Crippen LogP contribution < -0.4 is 10.6 Å². The molecule has 7 nitrogen and oxygen atoms in total. The first kappa shape index (κ1) is 18.1. The molecule has 0 atom stereocenters. The Morgan fingerprint density at radius 1 is 1.09 bits per heavy atom. The van der Waals surface area contributed by atoms with Gasteiger partial charge in [0.1, 0.15) is 17.2 Å². The lowest BCUT2D eigenvalue weighted by molar-refractivity contribution is -0.138. The topological polar surface area (TPSA) is 93.7 Å². The molecule has 0 aliphatic carbocycles. The lowest BCUT2D eigenvalue weighted by Crippen LogP contribution is -2.17. The molecule has 0 aliphatic rings. The van der Waals surface area contributed by atoms with Crippen LogP contribution in [0.1, 0.15) is 6.92 Å². The highest BCUT2D eigenvalue weighted by molar-refractivity contribution is 5.99. The van der Waals surface area contributed by atoms with E-state index in [1.165, 1.54) is 0 Å². The fraction of sp³-hybridized carbons (Fsp3) is 0.214. The standard InChI is InChI=1S/C14H14F2N2O5/c1-7(19)17-13-8(15)4-5-9(12(13)16)18-10(14(21)23-3)6-11(20)22-2/h4-6,18H,1-3H3,(H,17,19)/b10-6+. The molecular formula is C14H14F2N2O5. The first-order valence-electron chi connectivity index (χ1n) is 6.20. The highest BCUT2D eigenvalue weighted by atomic mass is 19.1. The third-order valence-electron chi connectivity index (χ3n) is 2.53. The van der Waals surface area contributed by atoms with Crippen LogP contribution in [0.5, 0.6) is 0 Å². The summed E-state index contributed by atoms with van der Waals surface area (Å²) in [6.07, 6.45) is 0.743. The lowest BCUT2D eigenvalue weighted by Gasteiger charge is -2.13. The van der Waals surface area contributed by atoms with E-state index in [0.29, 0.717) is 0 Å². The maximum Gasteiger partial charge on any atom is 0.354 e. The second kappa shape index (κ2) is 7.87. The minimum absolute atomic E-state index is 0.351. The SMILES string of the molecule is COC(=O)/C=C(/Nc1ccc(F)c(NC(C)=O)c1F)C(=O)OC. The molecule has 0 saturated carbocycles. The quantitative estimate of drug-likeness (QED) is 0.629. The first-order chi connectivity index (χ1) is 10.8. The molecule has 1 aromatic carbocycles. The molecular weight excluding hydrogens is 314 g/mol. The van der Waals surface area contributed by atoms with Gasteiger partial charge in [0.2, 0.25) is 5.91 Å². The second-order valence-electron chi connectivity index (χ2n) is 4.16. The Kier molecular flexibility index (Phi) is 6.19. The monoisotopic (exact) mass is 328 g/mol. The molecule has 0 heterocycles. The summed E-state index contributed by atoms with van der Waals surface area (Å²) >= 11 is 0. The van der Waals surface area contributed by atoms with Gasteiger partial charge in [0.25, 0.3) is 0 Å². The summed E-state index contributed by atoms with van der Waals surface area (Å²) in [7, 11) is 2.14. The molecule has 0 bridgehead atoms. The van der Waals surface area contributed by atoms with Crippen LogP contribution in [-0.2, 0) is 23.9 Å². The van der Waals surface area contributed by atoms with E-state index in [1.807, 2.05) is 5.32 Å². The number of carbonyl (C=O) groups excluding carboxylic acids is 3. The van der Waals surface area contributed by atoms with E-state index in [4.69, 9.17) is 0 Å². The van der Waals surface area contributed by atoms with Gasteiger partial charge in [-0.05, 0) is 12.1 Å². The van der Waals surface area contributed by atoms with Gasteiger partial charge in [0.15, 0.2) is 5.82 Å². The van der Waals surface area contributed by atoms with Gasteiger partial charge in [-0.1, -0.05) is 0 Å². The van der Waals surface area contributed by atoms with Crippen molar-refractivity contribution >= 4 is 29.2 Å². The van der Waals surface area contributed by atoms with Crippen molar-refractivity contribution in [3.63, 3.8) is 0 Å². The van der Waals surface area contributed by atoms with E-state index < -0.39 is 40.9 Å². The van der Waals surface area contributed by atoms with Crippen LogP contribution in [0.4, 0.5) is 20.2 Å². The number of nitrogens with one attached hydrogen (secondary N) is 2. The smallest absolute Gasteiger partial charge is 0.354 e. The number of benzene rings is 1. The molecule has 9 heteroatoms. The van der Waals surface area contributed by atoms with Gasteiger partial charge >= 0.3 is 11.9 Å². The maximum atomic E-state index is 14.2. The molecule has 2 N–H and O–H groups in total. The zero-order chi connectivity index (χ0) is 17.6. The van der Waals surface area contributed by atoms with Crippen LogP contribution in [0, 0.1) is 11.6 Å². The average Bonchev–Trinajstić information content (AvgIpc) is 2.51. The minimum atomic E-state index is -1.15. The van der Waals surface area contributed by atoms with Crippen molar-refractivity contribution in [1.29, 1.82) is 0 Å². The first-order valence-corrected chi connectivity index (χ1v) is 6.20. The molecule has 0 aromatic heterocycles. The van der Waals surface area contributed by atoms with E-state index in [1.54, 1.807) is 0 Å². The number of carbonyl (C=O) groups is 3. The van der Waals surface area contributed by atoms with Gasteiger partial charge in [0, 0.05) is 6.92 Å². The summed E-state index contributed by atoms with van der Waals surface area (Å²) in [6.45, 7) is 1.08. The number of hydrogen-bond acceptors (Lipinski definition) is 6. The molecule has 23 heavy (non-hydrogen) atoms. The summed E-state index contributed by atoms with van der Waals surface area (Å²) in [5.74, 6) is -4.69. The Morgan fingerprint density at radius 3 is 2.26 bits per heavy atom. The molecule has 124 valence electrons. The van der Waals surface area contributed by atoms with Crippen molar-refractivity contribution in [2.24, 2.45) is 0 Å². The highest BCUT2D eigenvalue weighted by Gasteiger charge is 2.19. The van der Waals surface area contributed by atoms with Crippen LogP contribution in [0.2, 0.25) is 0 Å². The third-order valence-corrected chi connectivity index (χ3v) is 2.53. The minimum Gasteiger partial charge on any atom is -0.466 e. The number of ether oxygens (including phenoxy) is 2. The molecule has 0 spiro atoms. The highest BCUT2D eigenvalue weighted by Crippen LogP contribution is 2.27. The molecule has 0 radical (unpaired) electrons. The van der Waals surface area contributed by atoms with E-state index in [-0.39, 0.29) is 5.69 Å². The fourth-order valence-electron chi connectivity index (χ4n) is 1.52. The number of esters is 2. The Hall–Kier alpha value is -2.97. The van der Waals surface area contributed by atoms with Crippen molar-refractivity contribution in [2.45, 2.75) is 6.92 Å². The van der Waals surface area contributed by atoms with E-state index in [9.17, 15) is 23.2 Å². The lowest BCUT2D eigenvalue weighted by atomic mass is 10.2. The van der Waals surface area contributed by atoms with Crippen molar-refractivity contribution in [3.8, 4) is 0 Å². The normalized spacial score (nSPS) is 10.7. The largest absolute Gasteiger partial charge is 0.466 e. The number of methoxy groups -OCH3 is 2. The fourth-order valence-corrected chi connectivity index (χ4v) is 1.52. The van der Waals surface area contributed by atoms with Crippen molar-refractivity contribution in [2.75, 3.05) is 24.9 Å². The number of amides is 1. The molecule has 1 amide bonds. The van der Waals surface area contributed by atoms with Crippen LogP contribution >= 0.6 is 0 Å².